The molecule has 1 saturated heterocycles. The molecule has 0 aromatic rings. The molecule has 0 amide bonds. The summed E-state index contributed by atoms with van der Waals surface area (Å²) in [6, 6.07) is 0. The molecule has 16 heavy (non-hydrogen) atoms. The Balaban J connectivity index is 2.37. The lowest BCUT2D eigenvalue weighted by Gasteiger charge is -2.29. The second-order valence-electron chi connectivity index (χ2n) is 4.44. The van der Waals surface area contributed by atoms with Gasteiger partial charge < -0.3 is 5.11 Å². The van der Waals surface area contributed by atoms with Gasteiger partial charge in [0.1, 0.15) is 0 Å². The highest BCUT2D eigenvalue weighted by Crippen LogP contribution is 2.17. The van der Waals surface area contributed by atoms with Gasteiger partial charge >= 0.3 is 0 Å². The van der Waals surface area contributed by atoms with Gasteiger partial charge in [-0.3, -0.25) is 0 Å². The number of rotatable bonds is 6. The van der Waals surface area contributed by atoms with Gasteiger partial charge in [0.05, 0.1) is 0 Å². The molecule has 2 N–H and O–H groups in total. The zero-order valence-corrected chi connectivity index (χ0v) is 10.7. The minimum absolute atomic E-state index is 0.114. The second kappa shape index (κ2) is 6.54. The van der Waals surface area contributed by atoms with Crippen molar-refractivity contribution in [1.82, 2.24) is 9.03 Å². The molecular formula is C10H22N2O3S. The van der Waals surface area contributed by atoms with Gasteiger partial charge in [0.25, 0.3) is 10.2 Å². The molecule has 1 unspecified atom stereocenters. The van der Waals surface area contributed by atoms with Gasteiger partial charge in [-0.1, -0.05) is 6.92 Å². The van der Waals surface area contributed by atoms with Crippen LogP contribution in [0, 0.1) is 5.92 Å². The molecule has 1 aliphatic rings. The number of nitrogens with one attached hydrogen (secondary N) is 1. The summed E-state index contributed by atoms with van der Waals surface area (Å²) in [6.07, 6.45) is 3.37. The maximum absolute atomic E-state index is 11.8. The number of hydrogen-bond donors (Lipinski definition) is 2. The van der Waals surface area contributed by atoms with E-state index in [1.807, 2.05) is 0 Å². The van der Waals surface area contributed by atoms with Crippen LogP contribution in [0.3, 0.4) is 0 Å². The first-order valence-electron chi connectivity index (χ1n) is 5.92. The Morgan fingerprint density at radius 3 is 2.81 bits per heavy atom. The molecule has 5 nitrogen and oxygen atoms in total. The number of aliphatic hydroxyl groups excluding tert-OH is 1. The molecule has 0 bridgehead atoms. The molecule has 0 aliphatic carbocycles. The molecule has 1 rings (SSSR count). The van der Waals surface area contributed by atoms with Crippen molar-refractivity contribution in [2.24, 2.45) is 5.92 Å². The van der Waals surface area contributed by atoms with Crippen molar-refractivity contribution < 1.29 is 13.5 Å². The van der Waals surface area contributed by atoms with Gasteiger partial charge in [-0.2, -0.15) is 12.7 Å². The molecule has 96 valence electrons. The molecule has 0 aromatic heterocycles. The third-order valence-electron chi connectivity index (χ3n) is 2.83. The molecule has 1 aliphatic heterocycles. The highest BCUT2D eigenvalue weighted by molar-refractivity contribution is 7.87. The van der Waals surface area contributed by atoms with Crippen LogP contribution in [-0.4, -0.2) is 44.1 Å². The van der Waals surface area contributed by atoms with Gasteiger partial charge in [-0.05, 0) is 31.6 Å². The highest BCUT2D eigenvalue weighted by atomic mass is 32.2. The van der Waals surface area contributed by atoms with Crippen LogP contribution in [0.25, 0.3) is 0 Å². The summed E-state index contributed by atoms with van der Waals surface area (Å²) in [4.78, 5) is 0. The fourth-order valence-corrected chi connectivity index (χ4v) is 3.30. The largest absolute Gasteiger partial charge is 0.396 e. The predicted octanol–water partition coefficient (Wildman–Crippen LogP) is 0.325. The summed E-state index contributed by atoms with van der Waals surface area (Å²) < 4.78 is 27.8. The predicted molar refractivity (Wildman–Crippen MR) is 63.2 cm³/mol. The first-order chi connectivity index (χ1) is 7.56. The van der Waals surface area contributed by atoms with Crippen LogP contribution in [0.4, 0.5) is 0 Å². The number of nitrogens with zero attached hydrogens (tertiary/aromatic N) is 1. The Morgan fingerprint density at radius 2 is 2.19 bits per heavy atom. The van der Waals surface area contributed by atoms with E-state index in [1.165, 1.54) is 4.31 Å². The SMILES string of the molecule is CC1CCCN(S(=O)(=O)NCCCCO)C1. The van der Waals surface area contributed by atoms with Gasteiger partial charge in [0, 0.05) is 26.2 Å². The van der Waals surface area contributed by atoms with E-state index in [1.54, 1.807) is 0 Å². The van der Waals surface area contributed by atoms with Crippen LogP contribution in [0.2, 0.25) is 0 Å². The van der Waals surface area contributed by atoms with Gasteiger partial charge in [-0.15, -0.1) is 0 Å². The summed E-state index contributed by atoms with van der Waals surface area (Å²) in [5, 5.41) is 8.59. The van der Waals surface area contributed by atoms with E-state index >= 15 is 0 Å². The Labute approximate surface area is 98.0 Å². The Bertz CT molecular complexity index is 292. The van der Waals surface area contributed by atoms with E-state index in [-0.39, 0.29) is 6.61 Å². The normalized spacial score (nSPS) is 23.5. The fourth-order valence-electron chi connectivity index (χ4n) is 1.89. The third kappa shape index (κ3) is 4.37. The van der Waals surface area contributed by atoms with E-state index < -0.39 is 10.2 Å². The molecule has 0 saturated carbocycles. The molecule has 1 fully saturated rings. The molecule has 0 spiro atoms. The van der Waals surface area contributed by atoms with Gasteiger partial charge in [0.15, 0.2) is 0 Å². The first kappa shape index (κ1) is 13.9. The van der Waals surface area contributed by atoms with Crippen molar-refractivity contribution in [3.8, 4) is 0 Å². The minimum Gasteiger partial charge on any atom is -0.396 e. The van der Waals surface area contributed by atoms with Crippen LogP contribution in [-0.2, 0) is 10.2 Å². The fraction of sp³-hybridized carbons (Fsp3) is 1.00. The monoisotopic (exact) mass is 250 g/mol. The Hall–Kier alpha value is -0.170. The third-order valence-corrected chi connectivity index (χ3v) is 4.41. The maximum Gasteiger partial charge on any atom is 0.279 e. The van der Waals surface area contributed by atoms with Crippen LogP contribution in [0.5, 0.6) is 0 Å². The van der Waals surface area contributed by atoms with Gasteiger partial charge in [-0.25, -0.2) is 4.72 Å². The van der Waals surface area contributed by atoms with Crippen LogP contribution < -0.4 is 4.72 Å². The van der Waals surface area contributed by atoms with Crippen LogP contribution >= 0.6 is 0 Å². The van der Waals surface area contributed by atoms with Crippen molar-refractivity contribution >= 4 is 10.2 Å². The number of unbranched alkanes of at least 4 members (excludes halogenated alkanes) is 1. The Kier molecular flexibility index (Phi) is 5.68. The molecule has 1 atom stereocenters. The molecule has 0 aromatic carbocycles. The number of hydrogen-bond acceptors (Lipinski definition) is 3. The summed E-state index contributed by atoms with van der Waals surface area (Å²) in [5.41, 5.74) is 0. The summed E-state index contributed by atoms with van der Waals surface area (Å²) in [6.45, 7) is 3.85. The second-order valence-corrected chi connectivity index (χ2v) is 6.19. The highest BCUT2D eigenvalue weighted by Gasteiger charge is 2.26. The quantitative estimate of drug-likeness (QED) is 0.667. The zero-order chi connectivity index (χ0) is 12.0. The van der Waals surface area contributed by atoms with Crippen molar-refractivity contribution in [1.29, 1.82) is 0 Å². The van der Waals surface area contributed by atoms with Crippen molar-refractivity contribution in [2.45, 2.75) is 32.6 Å². The molecular weight excluding hydrogens is 228 g/mol. The van der Waals surface area contributed by atoms with E-state index in [9.17, 15) is 8.42 Å². The summed E-state index contributed by atoms with van der Waals surface area (Å²) in [5.74, 6) is 0.447. The van der Waals surface area contributed by atoms with E-state index in [0.717, 1.165) is 12.8 Å². The number of piperidine rings is 1. The Morgan fingerprint density at radius 1 is 1.44 bits per heavy atom. The lowest BCUT2D eigenvalue weighted by atomic mass is 10.0. The average molecular weight is 250 g/mol. The zero-order valence-electron chi connectivity index (χ0n) is 9.85. The molecule has 1 heterocycles. The van der Waals surface area contributed by atoms with E-state index in [0.29, 0.717) is 38.4 Å². The first-order valence-corrected chi connectivity index (χ1v) is 7.36. The smallest absolute Gasteiger partial charge is 0.279 e. The lowest BCUT2D eigenvalue weighted by molar-refractivity contribution is 0.275. The minimum atomic E-state index is -3.30. The van der Waals surface area contributed by atoms with E-state index in [2.05, 4.69) is 11.6 Å². The average Bonchev–Trinajstić information content (AvgIpc) is 2.24. The number of aliphatic hydroxyl groups is 1. The maximum atomic E-state index is 11.8. The van der Waals surface area contributed by atoms with Crippen molar-refractivity contribution in [2.75, 3.05) is 26.2 Å². The standard InChI is InChI=1S/C10H22N2O3S/c1-10-5-4-7-12(9-10)16(14,15)11-6-2-3-8-13/h10-11,13H,2-9H2,1H3. The summed E-state index contributed by atoms with van der Waals surface area (Å²) in [7, 11) is -3.30. The van der Waals surface area contributed by atoms with Crippen molar-refractivity contribution in [3.05, 3.63) is 0 Å². The van der Waals surface area contributed by atoms with Gasteiger partial charge in [0.2, 0.25) is 0 Å². The topological polar surface area (TPSA) is 69.6 Å². The van der Waals surface area contributed by atoms with E-state index in [4.69, 9.17) is 5.11 Å². The van der Waals surface area contributed by atoms with Crippen molar-refractivity contribution in [3.63, 3.8) is 0 Å². The van der Waals surface area contributed by atoms with Crippen LogP contribution in [0.15, 0.2) is 0 Å². The lowest BCUT2D eigenvalue weighted by Crippen LogP contribution is -2.45. The molecule has 6 heteroatoms. The summed E-state index contributed by atoms with van der Waals surface area (Å²) >= 11 is 0. The molecule has 0 radical (unpaired) electrons. The van der Waals surface area contributed by atoms with Crippen LogP contribution in [0.1, 0.15) is 32.6 Å².